The number of carbonyl (C=O) groups is 2. The molecule has 26 heavy (non-hydrogen) atoms. The minimum Gasteiger partial charge on any atom is -0.383 e. The third kappa shape index (κ3) is 4.59. The average Bonchev–Trinajstić information content (AvgIpc) is 2.65. The summed E-state index contributed by atoms with van der Waals surface area (Å²) in [6, 6.07) is 14.1. The van der Waals surface area contributed by atoms with Gasteiger partial charge in [-0.1, -0.05) is 36.4 Å². The van der Waals surface area contributed by atoms with Crippen LogP contribution in [0.5, 0.6) is 0 Å². The number of ether oxygens (including phenoxy) is 1. The van der Waals surface area contributed by atoms with Gasteiger partial charge in [0.25, 0.3) is 0 Å². The minimum absolute atomic E-state index is 0.0843. The number of hydrogen-bond donors (Lipinski definition) is 2. The maximum absolute atomic E-state index is 12.3. The number of carbonyl (C=O) groups excluding carboxylic acids is 2. The lowest BCUT2D eigenvalue weighted by atomic mass is 10.0. The Labute approximate surface area is 153 Å². The lowest BCUT2D eigenvalue weighted by Gasteiger charge is -2.34. The van der Waals surface area contributed by atoms with Gasteiger partial charge < -0.3 is 15.4 Å². The van der Waals surface area contributed by atoms with Crippen molar-refractivity contribution < 1.29 is 14.3 Å². The summed E-state index contributed by atoms with van der Waals surface area (Å²) < 4.78 is 4.93. The van der Waals surface area contributed by atoms with Crippen LogP contribution in [0.2, 0.25) is 0 Å². The summed E-state index contributed by atoms with van der Waals surface area (Å²) in [5.41, 5.74) is 1.14. The van der Waals surface area contributed by atoms with Crippen molar-refractivity contribution in [1.29, 1.82) is 0 Å². The molecule has 0 saturated carbocycles. The quantitative estimate of drug-likeness (QED) is 0.735. The molecule has 2 amide bonds. The molecule has 0 aromatic heterocycles. The number of benzene rings is 2. The van der Waals surface area contributed by atoms with Gasteiger partial charge in [0.05, 0.1) is 19.1 Å². The maximum Gasteiger partial charge on any atom is 0.237 e. The maximum atomic E-state index is 12.3. The number of nitrogens with zero attached hydrogens (tertiary/aromatic N) is 1. The number of nitrogens with one attached hydrogen (secondary N) is 2. The van der Waals surface area contributed by atoms with E-state index >= 15 is 0 Å². The van der Waals surface area contributed by atoms with E-state index < -0.39 is 6.04 Å². The molecule has 2 aromatic carbocycles. The summed E-state index contributed by atoms with van der Waals surface area (Å²) in [6.45, 7) is 2.90. The Bertz CT molecular complexity index is 778. The van der Waals surface area contributed by atoms with Crippen molar-refractivity contribution >= 4 is 22.6 Å². The number of piperazine rings is 1. The second-order valence-electron chi connectivity index (χ2n) is 6.51. The molecule has 3 rings (SSSR count). The number of methoxy groups -OCH3 is 1. The zero-order valence-electron chi connectivity index (χ0n) is 15.0. The largest absolute Gasteiger partial charge is 0.383 e. The molecule has 138 valence electrons. The van der Waals surface area contributed by atoms with Gasteiger partial charge in [-0.3, -0.25) is 14.5 Å². The molecule has 6 heteroatoms. The normalized spacial score (nSPS) is 17.9. The molecule has 0 radical (unpaired) electrons. The fourth-order valence-corrected chi connectivity index (χ4v) is 3.29. The zero-order chi connectivity index (χ0) is 18.4. The van der Waals surface area contributed by atoms with Gasteiger partial charge in [-0.25, -0.2) is 0 Å². The number of amides is 2. The van der Waals surface area contributed by atoms with Gasteiger partial charge in [0.1, 0.15) is 0 Å². The molecule has 1 aliphatic rings. The van der Waals surface area contributed by atoms with Crippen LogP contribution in [0.15, 0.2) is 42.5 Å². The van der Waals surface area contributed by atoms with Gasteiger partial charge in [-0.2, -0.15) is 0 Å². The lowest BCUT2D eigenvalue weighted by Crippen LogP contribution is -2.56. The van der Waals surface area contributed by atoms with E-state index in [0.29, 0.717) is 26.2 Å². The monoisotopic (exact) mass is 355 g/mol. The molecule has 1 atom stereocenters. The Morgan fingerprint density at radius 2 is 2.08 bits per heavy atom. The summed E-state index contributed by atoms with van der Waals surface area (Å²) in [5.74, 6) is -0.216. The van der Waals surface area contributed by atoms with E-state index in [0.717, 1.165) is 12.1 Å². The van der Waals surface area contributed by atoms with Crippen LogP contribution in [-0.4, -0.2) is 56.1 Å². The van der Waals surface area contributed by atoms with Crippen molar-refractivity contribution in [2.24, 2.45) is 0 Å². The van der Waals surface area contributed by atoms with E-state index in [2.05, 4.69) is 45.9 Å². The van der Waals surface area contributed by atoms with Gasteiger partial charge in [0.2, 0.25) is 11.8 Å². The second kappa shape index (κ2) is 8.78. The Morgan fingerprint density at radius 3 is 2.88 bits per heavy atom. The standard InChI is InChI=1S/C20H25N3O3/c1-26-11-9-21-19(24)13-18-20(25)22-8-10-23(18)14-15-6-7-16-4-2-3-5-17(16)12-15/h2-7,12,18H,8-11,13-14H2,1H3,(H,21,24)(H,22,25)/t18-/m1/s1. The predicted octanol–water partition coefficient (Wildman–Crippen LogP) is 1.29. The molecule has 1 heterocycles. The van der Waals surface area contributed by atoms with E-state index in [1.165, 1.54) is 10.8 Å². The highest BCUT2D eigenvalue weighted by Crippen LogP contribution is 2.19. The molecule has 1 fully saturated rings. The van der Waals surface area contributed by atoms with Crippen LogP contribution >= 0.6 is 0 Å². The summed E-state index contributed by atoms with van der Waals surface area (Å²) in [7, 11) is 1.59. The highest BCUT2D eigenvalue weighted by atomic mass is 16.5. The molecule has 0 unspecified atom stereocenters. The van der Waals surface area contributed by atoms with Crippen molar-refractivity contribution in [3.05, 3.63) is 48.0 Å². The van der Waals surface area contributed by atoms with Crippen LogP contribution in [0.25, 0.3) is 10.8 Å². The number of fused-ring (bicyclic) bond motifs is 1. The van der Waals surface area contributed by atoms with Crippen molar-refractivity contribution in [3.8, 4) is 0 Å². The summed E-state index contributed by atoms with van der Waals surface area (Å²) >= 11 is 0. The first-order chi connectivity index (χ1) is 12.7. The smallest absolute Gasteiger partial charge is 0.237 e. The Morgan fingerprint density at radius 1 is 1.27 bits per heavy atom. The molecule has 6 nitrogen and oxygen atoms in total. The van der Waals surface area contributed by atoms with Crippen LogP contribution in [0.4, 0.5) is 0 Å². The molecule has 0 bridgehead atoms. The van der Waals surface area contributed by atoms with Gasteiger partial charge in [-0.15, -0.1) is 0 Å². The fraction of sp³-hybridized carbons (Fsp3) is 0.400. The number of rotatable bonds is 7. The Hall–Kier alpha value is -2.44. The minimum atomic E-state index is -0.447. The lowest BCUT2D eigenvalue weighted by molar-refractivity contribution is -0.134. The topological polar surface area (TPSA) is 70.7 Å². The number of hydrogen-bond acceptors (Lipinski definition) is 4. The summed E-state index contributed by atoms with van der Waals surface area (Å²) in [6.07, 6.45) is 0.156. The summed E-state index contributed by atoms with van der Waals surface area (Å²) in [4.78, 5) is 26.5. The van der Waals surface area contributed by atoms with Crippen molar-refractivity contribution in [2.75, 3.05) is 33.4 Å². The van der Waals surface area contributed by atoms with Crippen LogP contribution in [0.1, 0.15) is 12.0 Å². The van der Waals surface area contributed by atoms with Crippen LogP contribution in [-0.2, 0) is 20.9 Å². The molecule has 2 aromatic rings. The van der Waals surface area contributed by atoms with E-state index in [9.17, 15) is 9.59 Å². The van der Waals surface area contributed by atoms with Crippen LogP contribution in [0.3, 0.4) is 0 Å². The molecule has 1 aliphatic heterocycles. The third-order valence-corrected chi connectivity index (χ3v) is 4.65. The first-order valence-electron chi connectivity index (χ1n) is 8.92. The highest BCUT2D eigenvalue weighted by Gasteiger charge is 2.31. The highest BCUT2D eigenvalue weighted by molar-refractivity contribution is 5.89. The molecule has 2 N–H and O–H groups in total. The second-order valence-corrected chi connectivity index (χ2v) is 6.51. The average molecular weight is 355 g/mol. The first-order valence-corrected chi connectivity index (χ1v) is 8.92. The van der Waals surface area contributed by atoms with Crippen molar-refractivity contribution in [3.63, 3.8) is 0 Å². The van der Waals surface area contributed by atoms with Gasteiger partial charge in [0, 0.05) is 33.3 Å². The summed E-state index contributed by atoms with van der Waals surface area (Å²) in [5, 5.41) is 8.03. The van der Waals surface area contributed by atoms with Gasteiger partial charge in [-0.05, 0) is 22.4 Å². The van der Waals surface area contributed by atoms with Crippen LogP contribution in [0, 0.1) is 0 Å². The van der Waals surface area contributed by atoms with Crippen molar-refractivity contribution in [1.82, 2.24) is 15.5 Å². The molecule has 0 spiro atoms. The Kier molecular flexibility index (Phi) is 6.20. The van der Waals surface area contributed by atoms with Crippen LogP contribution < -0.4 is 10.6 Å². The van der Waals surface area contributed by atoms with E-state index in [1.54, 1.807) is 7.11 Å². The molecule has 0 aliphatic carbocycles. The molecular weight excluding hydrogens is 330 g/mol. The third-order valence-electron chi connectivity index (χ3n) is 4.65. The molecule has 1 saturated heterocycles. The predicted molar refractivity (Wildman–Crippen MR) is 101 cm³/mol. The van der Waals surface area contributed by atoms with E-state index in [4.69, 9.17) is 4.74 Å². The van der Waals surface area contributed by atoms with Gasteiger partial charge >= 0.3 is 0 Å². The fourth-order valence-electron chi connectivity index (χ4n) is 3.29. The SMILES string of the molecule is COCCNC(=O)C[C@@H]1C(=O)NCCN1Cc1ccc2ccccc2c1. The van der Waals surface area contributed by atoms with E-state index in [-0.39, 0.29) is 18.2 Å². The zero-order valence-corrected chi connectivity index (χ0v) is 15.0. The van der Waals surface area contributed by atoms with E-state index in [1.807, 2.05) is 12.1 Å². The molecular formula is C20H25N3O3. The van der Waals surface area contributed by atoms with Crippen molar-refractivity contribution in [2.45, 2.75) is 19.0 Å². The Balaban J connectivity index is 1.68. The first kappa shape index (κ1) is 18.4. The van der Waals surface area contributed by atoms with Gasteiger partial charge in [0.15, 0.2) is 0 Å².